The fraction of sp³-hybridized carbons (Fsp3) is 0.611. The Balaban J connectivity index is 2.09. The molecule has 1 heterocycles. The summed E-state index contributed by atoms with van der Waals surface area (Å²) in [6.07, 6.45) is 7.29. The van der Waals surface area contributed by atoms with Gasteiger partial charge in [0.25, 0.3) is 0 Å². The summed E-state index contributed by atoms with van der Waals surface area (Å²) in [7, 11) is 0. The highest BCUT2D eigenvalue weighted by atomic mass is 15.0. The molecule has 0 fully saturated rings. The molecule has 0 aromatic heterocycles. The number of para-hydroxylation sites is 2. The molecule has 116 valence electrons. The maximum atomic E-state index is 4.80. The van der Waals surface area contributed by atoms with E-state index in [-0.39, 0.29) is 0 Å². The molecule has 1 aromatic rings. The molecule has 1 aliphatic rings. The first-order valence-electron chi connectivity index (χ1n) is 8.39. The van der Waals surface area contributed by atoms with Crippen LogP contribution in [0.2, 0.25) is 0 Å². The fourth-order valence-electron chi connectivity index (χ4n) is 2.53. The third-order valence-corrected chi connectivity index (χ3v) is 3.87. The predicted molar refractivity (Wildman–Crippen MR) is 93.4 cm³/mol. The quantitative estimate of drug-likeness (QED) is 0.828. The highest BCUT2D eigenvalue weighted by Gasteiger charge is 2.07. The smallest absolute Gasteiger partial charge is 0.101 e. The largest absolute Gasteiger partial charge is 0.383 e. The molecule has 1 aliphatic heterocycles. The fourth-order valence-corrected chi connectivity index (χ4v) is 2.53. The summed E-state index contributed by atoms with van der Waals surface area (Å²) in [4.78, 5) is 4.80. The molecule has 0 radical (unpaired) electrons. The summed E-state index contributed by atoms with van der Waals surface area (Å²) >= 11 is 0. The van der Waals surface area contributed by atoms with E-state index in [4.69, 9.17) is 4.99 Å². The normalized spacial score (nSPS) is 18.5. The van der Waals surface area contributed by atoms with Crippen LogP contribution in [0.5, 0.6) is 0 Å². The molecule has 0 saturated heterocycles. The van der Waals surface area contributed by atoms with Gasteiger partial charge in [-0.05, 0) is 37.3 Å². The number of fused-ring (bicyclic) bond motifs is 1. The molecule has 0 saturated carbocycles. The lowest BCUT2D eigenvalue weighted by Crippen LogP contribution is -2.14. The Morgan fingerprint density at radius 2 is 1.81 bits per heavy atom. The van der Waals surface area contributed by atoms with E-state index in [1.807, 2.05) is 0 Å². The van der Waals surface area contributed by atoms with E-state index >= 15 is 0 Å². The molecule has 1 aromatic carbocycles. The topological polar surface area (TPSA) is 36.4 Å². The van der Waals surface area contributed by atoms with Crippen LogP contribution in [0.4, 0.5) is 11.4 Å². The SMILES string of the molecule is CC(C)CCN=C1CCCCCCNc2ccccc2N1. The molecular weight excluding hydrogens is 258 g/mol. The Bertz CT molecular complexity index is 452. The van der Waals surface area contributed by atoms with Gasteiger partial charge in [0.1, 0.15) is 5.84 Å². The Morgan fingerprint density at radius 3 is 2.62 bits per heavy atom. The van der Waals surface area contributed by atoms with Gasteiger partial charge in [-0.1, -0.05) is 38.8 Å². The van der Waals surface area contributed by atoms with Gasteiger partial charge >= 0.3 is 0 Å². The molecule has 0 spiro atoms. The lowest BCUT2D eigenvalue weighted by Gasteiger charge is -2.14. The summed E-state index contributed by atoms with van der Waals surface area (Å²) in [5.74, 6) is 1.86. The van der Waals surface area contributed by atoms with Gasteiger partial charge in [-0.25, -0.2) is 0 Å². The minimum absolute atomic E-state index is 0.714. The first-order valence-corrected chi connectivity index (χ1v) is 8.39. The average molecular weight is 287 g/mol. The van der Waals surface area contributed by atoms with Gasteiger partial charge in [-0.2, -0.15) is 0 Å². The summed E-state index contributed by atoms with van der Waals surface area (Å²) in [6, 6.07) is 8.45. The van der Waals surface area contributed by atoms with Crippen LogP contribution in [0.1, 0.15) is 52.4 Å². The second kappa shape index (κ2) is 8.71. The molecule has 3 heteroatoms. The first-order chi connectivity index (χ1) is 10.3. The van der Waals surface area contributed by atoms with E-state index < -0.39 is 0 Å². The van der Waals surface area contributed by atoms with Gasteiger partial charge in [0, 0.05) is 19.5 Å². The third kappa shape index (κ3) is 5.78. The van der Waals surface area contributed by atoms with E-state index in [2.05, 4.69) is 48.7 Å². The van der Waals surface area contributed by atoms with Crippen LogP contribution in [-0.2, 0) is 0 Å². The van der Waals surface area contributed by atoms with Crippen LogP contribution in [0.15, 0.2) is 29.3 Å². The number of nitrogens with one attached hydrogen (secondary N) is 2. The number of rotatable bonds is 3. The molecule has 0 atom stereocenters. The first kappa shape index (κ1) is 15.9. The zero-order chi connectivity index (χ0) is 14.9. The van der Waals surface area contributed by atoms with Crippen LogP contribution in [0, 0.1) is 5.92 Å². The van der Waals surface area contributed by atoms with Gasteiger partial charge in [0.2, 0.25) is 0 Å². The number of amidine groups is 1. The van der Waals surface area contributed by atoms with Gasteiger partial charge in [0.05, 0.1) is 11.4 Å². The second-order valence-corrected chi connectivity index (χ2v) is 6.27. The van der Waals surface area contributed by atoms with Crippen molar-refractivity contribution in [1.29, 1.82) is 0 Å². The molecule has 3 nitrogen and oxygen atoms in total. The van der Waals surface area contributed by atoms with Crippen LogP contribution in [0.25, 0.3) is 0 Å². The summed E-state index contributed by atoms with van der Waals surface area (Å²) in [6.45, 7) is 6.49. The molecular formula is C18H29N3. The molecule has 0 aliphatic carbocycles. The third-order valence-electron chi connectivity index (χ3n) is 3.87. The maximum Gasteiger partial charge on any atom is 0.101 e. The lowest BCUT2D eigenvalue weighted by molar-refractivity contribution is 0.596. The van der Waals surface area contributed by atoms with Crippen molar-refractivity contribution in [2.75, 3.05) is 23.7 Å². The second-order valence-electron chi connectivity index (χ2n) is 6.27. The van der Waals surface area contributed by atoms with E-state index in [0.717, 1.165) is 37.5 Å². The minimum Gasteiger partial charge on any atom is -0.383 e. The maximum absolute atomic E-state index is 4.80. The number of anilines is 2. The van der Waals surface area contributed by atoms with E-state index in [0.29, 0.717) is 5.92 Å². The van der Waals surface area contributed by atoms with Crippen LogP contribution >= 0.6 is 0 Å². The number of hydrogen-bond acceptors (Lipinski definition) is 2. The highest BCUT2D eigenvalue weighted by Crippen LogP contribution is 2.22. The number of aliphatic imine (C=N–C) groups is 1. The summed E-state index contributed by atoms with van der Waals surface area (Å²) in [5, 5.41) is 7.09. The zero-order valence-electron chi connectivity index (χ0n) is 13.5. The Labute approximate surface area is 129 Å². The predicted octanol–water partition coefficient (Wildman–Crippen LogP) is 4.92. The van der Waals surface area contributed by atoms with Gasteiger partial charge < -0.3 is 10.6 Å². The highest BCUT2D eigenvalue weighted by molar-refractivity contribution is 5.98. The Kier molecular flexibility index (Phi) is 6.58. The molecule has 0 unspecified atom stereocenters. The summed E-state index contributed by atoms with van der Waals surface area (Å²) < 4.78 is 0. The molecule has 2 rings (SSSR count). The van der Waals surface area contributed by atoms with Crippen molar-refractivity contribution in [1.82, 2.24) is 0 Å². The van der Waals surface area contributed by atoms with E-state index in [9.17, 15) is 0 Å². The monoisotopic (exact) mass is 287 g/mol. The minimum atomic E-state index is 0.714. The van der Waals surface area contributed by atoms with Crippen molar-refractivity contribution >= 4 is 17.2 Å². The van der Waals surface area contributed by atoms with Crippen LogP contribution < -0.4 is 10.6 Å². The van der Waals surface area contributed by atoms with Gasteiger partial charge in [-0.3, -0.25) is 4.99 Å². The van der Waals surface area contributed by atoms with Crippen molar-refractivity contribution in [3.05, 3.63) is 24.3 Å². The summed E-state index contributed by atoms with van der Waals surface area (Å²) in [5.41, 5.74) is 2.35. The van der Waals surface area contributed by atoms with Crippen molar-refractivity contribution in [3.8, 4) is 0 Å². The standard InChI is InChI=1S/C18H29N3/c1-15(2)12-14-20-18-11-5-3-4-8-13-19-16-9-6-7-10-17(16)21-18/h6-7,9-10,15,19H,3-5,8,11-14H2,1-2H3,(H,20,21). The number of nitrogens with zero attached hydrogens (tertiary/aromatic N) is 1. The van der Waals surface area contributed by atoms with Crippen molar-refractivity contribution in [2.24, 2.45) is 10.9 Å². The van der Waals surface area contributed by atoms with E-state index in [1.54, 1.807) is 0 Å². The Hall–Kier alpha value is -1.51. The number of benzene rings is 1. The lowest BCUT2D eigenvalue weighted by atomic mass is 10.1. The van der Waals surface area contributed by atoms with Gasteiger partial charge in [-0.15, -0.1) is 0 Å². The zero-order valence-corrected chi connectivity index (χ0v) is 13.5. The van der Waals surface area contributed by atoms with Crippen LogP contribution in [-0.4, -0.2) is 18.9 Å². The van der Waals surface area contributed by atoms with Crippen molar-refractivity contribution in [3.63, 3.8) is 0 Å². The van der Waals surface area contributed by atoms with Crippen molar-refractivity contribution in [2.45, 2.75) is 52.4 Å². The Morgan fingerprint density at radius 1 is 1.05 bits per heavy atom. The average Bonchev–Trinajstić information content (AvgIpc) is 2.50. The molecule has 0 amide bonds. The molecule has 2 N–H and O–H groups in total. The molecule has 21 heavy (non-hydrogen) atoms. The van der Waals surface area contributed by atoms with Crippen molar-refractivity contribution < 1.29 is 0 Å². The van der Waals surface area contributed by atoms with Crippen LogP contribution in [0.3, 0.4) is 0 Å². The van der Waals surface area contributed by atoms with E-state index in [1.165, 1.54) is 31.4 Å². The van der Waals surface area contributed by atoms with Gasteiger partial charge in [0.15, 0.2) is 0 Å². The number of hydrogen-bond donors (Lipinski definition) is 2. The molecule has 0 bridgehead atoms.